The molecule has 0 bridgehead atoms. The lowest BCUT2D eigenvalue weighted by Crippen LogP contribution is -2.49. The molecule has 3 rings (SSSR count). The number of nitrogens with one attached hydrogen (secondary N) is 1. The van der Waals surface area contributed by atoms with Crippen LogP contribution in [-0.2, 0) is 0 Å². The molecule has 0 spiro atoms. The van der Waals surface area contributed by atoms with Gasteiger partial charge in [-0.1, -0.05) is 25.7 Å². The predicted molar refractivity (Wildman–Crippen MR) is 92.6 cm³/mol. The molecule has 4 unspecified atom stereocenters. The molecular weight excluding hydrogens is 304 g/mol. The van der Waals surface area contributed by atoms with Crippen molar-refractivity contribution in [2.45, 2.75) is 69.6 Å². The van der Waals surface area contributed by atoms with E-state index in [1.165, 1.54) is 6.42 Å². The smallest absolute Gasteiger partial charge is 0.317 e. The molecule has 0 aromatic carbocycles. The van der Waals surface area contributed by atoms with Gasteiger partial charge in [0.1, 0.15) is 0 Å². The average molecular weight is 334 g/mol. The van der Waals surface area contributed by atoms with Crippen LogP contribution in [0.1, 0.15) is 57.4 Å². The quantitative estimate of drug-likeness (QED) is 0.889. The van der Waals surface area contributed by atoms with Gasteiger partial charge in [-0.05, 0) is 31.7 Å². The molecule has 2 aliphatic carbocycles. The number of aromatic nitrogens is 2. The summed E-state index contributed by atoms with van der Waals surface area (Å²) in [7, 11) is 1.84. The third-order valence-electron chi connectivity index (χ3n) is 5.63. The zero-order valence-corrected chi connectivity index (χ0v) is 14.6. The van der Waals surface area contributed by atoms with Crippen molar-refractivity contribution in [2.24, 2.45) is 5.92 Å². The number of hydrogen-bond acceptors (Lipinski definition) is 3. The van der Waals surface area contributed by atoms with Crippen molar-refractivity contribution in [2.75, 3.05) is 13.6 Å². The van der Waals surface area contributed by atoms with E-state index < -0.39 is 0 Å². The van der Waals surface area contributed by atoms with Crippen LogP contribution in [0.4, 0.5) is 4.79 Å². The van der Waals surface area contributed by atoms with Crippen LogP contribution in [0.2, 0.25) is 0 Å². The minimum Gasteiger partial charge on any atom is -0.393 e. The SMILES string of the molecule is CN(CC1CCCCC1O)C(=O)NC1CCCCC1n1cccn1. The van der Waals surface area contributed by atoms with Crippen LogP contribution in [0.3, 0.4) is 0 Å². The van der Waals surface area contributed by atoms with Crippen molar-refractivity contribution in [3.8, 4) is 0 Å². The Kier molecular flexibility index (Phi) is 5.76. The van der Waals surface area contributed by atoms with Crippen LogP contribution in [0.5, 0.6) is 0 Å². The van der Waals surface area contributed by atoms with Crippen LogP contribution in [0.25, 0.3) is 0 Å². The molecule has 0 aliphatic heterocycles. The van der Waals surface area contributed by atoms with E-state index in [2.05, 4.69) is 10.4 Å². The molecule has 2 aliphatic rings. The van der Waals surface area contributed by atoms with Crippen LogP contribution >= 0.6 is 0 Å². The maximum absolute atomic E-state index is 12.6. The van der Waals surface area contributed by atoms with E-state index in [0.29, 0.717) is 6.54 Å². The summed E-state index contributed by atoms with van der Waals surface area (Å²) in [6.07, 6.45) is 12.0. The average Bonchev–Trinajstić information content (AvgIpc) is 3.11. The van der Waals surface area contributed by atoms with Crippen molar-refractivity contribution < 1.29 is 9.90 Å². The van der Waals surface area contributed by atoms with Gasteiger partial charge in [0.2, 0.25) is 0 Å². The van der Waals surface area contributed by atoms with Gasteiger partial charge in [0, 0.05) is 31.9 Å². The number of nitrogens with zero attached hydrogens (tertiary/aromatic N) is 3. The highest BCUT2D eigenvalue weighted by atomic mass is 16.3. The third-order valence-corrected chi connectivity index (χ3v) is 5.63. The number of amides is 2. The fraction of sp³-hybridized carbons (Fsp3) is 0.778. The lowest BCUT2D eigenvalue weighted by atomic mass is 9.86. The maximum Gasteiger partial charge on any atom is 0.317 e. The normalized spacial score (nSPS) is 30.8. The number of aliphatic hydroxyl groups is 1. The van der Waals surface area contributed by atoms with Crippen LogP contribution in [-0.4, -0.2) is 51.6 Å². The molecule has 1 aromatic heterocycles. The van der Waals surface area contributed by atoms with E-state index in [0.717, 1.165) is 44.9 Å². The number of carbonyl (C=O) groups is 1. The lowest BCUT2D eigenvalue weighted by molar-refractivity contribution is 0.0559. The summed E-state index contributed by atoms with van der Waals surface area (Å²) in [5.74, 6) is 0.211. The van der Waals surface area contributed by atoms with E-state index in [1.54, 1.807) is 11.1 Å². The minimum absolute atomic E-state index is 0.0307. The number of rotatable bonds is 4. The van der Waals surface area contributed by atoms with Crippen LogP contribution in [0.15, 0.2) is 18.5 Å². The van der Waals surface area contributed by atoms with Gasteiger partial charge in [0.15, 0.2) is 0 Å². The van der Waals surface area contributed by atoms with Crippen molar-refractivity contribution in [3.63, 3.8) is 0 Å². The molecule has 2 saturated carbocycles. The second-order valence-corrected chi connectivity index (χ2v) is 7.39. The predicted octanol–water partition coefficient (Wildman–Crippen LogP) is 2.56. The zero-order valence-electron chi connectivity index (χ0n) is 14.6. The first-order chi connectivity index (χ1) is 11.6. The highest BCUT2D eigenvalue weighted by Gasteiger charge is 2.30. The maximum atomic E-state index is 12.6. The molecule has 24 heavy (non-hydrogen) atoms. The summed E-state index contributed by atoms with van der Waals surface area (Å²) >= 11 is 0. The van der Waals surface area contributed by atoms with Crippen molar-refractivity contribution >= 4 is 6.03 Å². The van der Waals surface area contributed by atoms with Gasteiger partial charge >= 0.3 is 6.03 Å². The van der Waals surface area contributed by atoms with Gasteiger partial charge in [0.25, 0.3) is 0 Å². The molecular formula is C18H30N4O2. The molecule has 1 aromatic rings. The summed E-state index contributed by atoms with van der Waals surface area (Å²) in [6.45, 7) is 0.631. The van der Waals surface area contributed by atoms with E-state index in [4.69, 9.17) is 0 Å². The van der Waals surface area contributed by atoms with Crippen molar-refractivity contribution in [1.29, 1.82) is 0 Å². The molecule has 1 heterocycles. The first kappa shape index (κ1) is 17.3. The van der Waals surface area contributed by atoms with Gasteiger partial charge in [-0.15, -0.1) is 0 Å². The van der Waals surface area contributed by atoms with Gasteiger partial charge in [-0.25, -0.2) is 4.79 Å². The van der Waals surface area contributed by atoms with E-state index in [1.807, 2.05) is 24.0 Å². The largest absolute Gasteiger partial charge is 0.393 e. The van der Waals surface area contributed by atoms with Gasteiger partial charge in [-0.2, -0.15) is 5.10 Å². The topological polar surface area (TPSA) is 70.4 Å². The monoisotopic (exact) mass is 334 g/mol. The Hall–Kier alpha value is -1.56. The second-order valence-electron chi connectivity index (χ2n) is 7.39. The summed E-state index contributed by atoms with van der Waals surface area (Å²) in [4.78, 5) is 14.4. The fourth-order valence-corrected chi connectivity index (χ4v) is 4.18. The summed E-state index contributed by atoms with van der Waals surface area (Å²) in [5, 5.41) is 17.7. The Morgan fingerprint density at radius 2 is 2.00 bits per heavy atom. The van der Waals surface area contributed by atoms with E-state index in [9.17, 15) is 9.90 Å². The summed E-state index contributed by atoms with van der Waals surface area (Å²) in [5.41, 5.74) is 0. The molecule has 6 nitrogen and oxygen atoms in total. The Balaban J connectivity index is 1.56. The Bertz CT molecular complexity index is 519. The first-order valence-corrected chi connectivity index (χ1v) is 9.34. The Labute approximate surface area is 144 Å². The molecule has 4 atom stereocenters. The van der Waals surface area contributed by atoms with E-state index >= 15 is 0 Å². The van der Waals surface area contributed by atoms with Crippen molar-refractivity contribution in [1.82, 2.24) is 20.0 Å². The number of aliphatic hydroxyl groups excluding tert-OH is 1. The highest BCUT2D eigenvalue weighted by Crippen LogP contribution is 2.28. The summed E-state index contributed by atoms with van der Waals surface area (Å²) in [6, 6.07) is 2.28. The van der Waals surface area contributed by atoms with Crippen molar-refractivity contribution in [3.05, 3.63) is 18.5 Å². The van der Waals surface area contributed by atoms with Gasteiger partial charge < -0.3 is 15.3 Å². The summed E-state index contributed by atoms with van der Waals surface area (Å²) < 4.78 is 1.98. The molecule has 134 valence electrons. The third kappa shape index (κ3) is 4.09. The van der Waals surface area contributed by atoms with Crippen LogP contribution < -0.4 is 5.32 Å². The molecule has 2 fully saturated rings. The molecule has 2 amide bonds. The number of carbonyl (C=O) groups excluding carboxylic acids is 1. The van der Waals surface area contributed by atoms with Crippen LogP contribution in [0, 0.1) is 5.92 Å². The van der Waals surface area contributed by atoms with Gasteiger partial charge in [-0.3, -0.25) is 4.68 Å². The molecule has 2 N–H and O–H groups in total. The van der Waals surface area contributed by atoms with Gasteiger partial charge in [0.05, 0.1) is 18.2 Å². The minimum atomic E-state index is -0.263. The Morgan fingerprint density at radius 1 is 1.25 bits per heavy atom. The fourth-order valence-electron chi connectivity index (χ4n) is 4.18. The molecule has 0 saturated heterocycles. The molecule has 0 radical (unpaired) electrons. The lowest BCUT2D eigenvalue weighted by Gasteiger charge is -2.35. The number of urea groups is 1. The van der Waals surface area contributed by atoms with E-state index in [-0.39, 0.29) is 30.1 Å². The highest BCUT2D eigenvalue weighted by molar-refractivity contribution is 5.74. The Morgan fingerprint density at radius 3 is 2.75 bits per heavy atom. The zero-order chi connectivity index (χ0) is 16.9. The second kappa shape index (κ2) is 8.01. The number of hydrogen-bond donors (Lipinski definition) is 2. The first-order valence-electron chi connectivity index (χ1n) is 9.34. The molecule has 6 heteroatoms. The standard InChI is InChI=1S/C18H30N4O2/c1-21(13-14-7-2-5-10-17(14)23)18(24)20-15-8-3-4-9-16(15)22-12-6-11-19-22/h6,11-12,14-17,23H,2-5,7-10,13H2,1H3,(H,20,24).